The van der Waals surface area contributed by atoms with Gasteiger partial charge in [0.15, 0.2) is 0 Å². The van der Waals surface area contributed by atoms with E-state index in [0.29, 0.717) is 0 Å². The zero-order valence-electron chi connectivity index (χ0n) is 10.7. The second kappa shape index (κ2) is 4.84. The molecular weight excluding hydrogens is 202 g/mol. The molecule has 90 valence electrons. The van der Waals surface area contributed by atoms with E-state index in [-0.39, 0.29) is 23.9 Å². The Balaban J connectivity index is 2.90. The van der Waals surface area contributed by atoms with Crippen molar-refractivity contribution in [3.8, 4) is 6.07 Å². The topological polar surface area (TPSA) is 47.3 Å². The highest BCUT2D eigenvalue weighted by atomic mass is 16.2. The maximum atomic E-state index is 12.3. The molecule has 4 heteroatoms. The lowest BCUT2D eigenvalue weighted by Crippen LogP contribution is -2.65. The number of carbonyl (C=O) groups excluding carboxylic acids is 1. The molecule has 0 saturated carbocycles. The lowest BCUT2D eigenvalue weighted by atomic mass is 9.94. The predicted molar refractivity (Wildman–Crippen MR) is 62.7 cm³/mol. The van der Waals surface area contributed by atoms with E-state index in [1.54, 1.807) is 0 Å². The first-order chi connectivity index (χ1) is 7.44. The molecular formula is C12H21N3O. The van der Waals surface area contributed by atoms with Crippen molar-refractivity contribution in [3.63, 3.8) is 0 Å². The SMILES string of the molecule is CCCN1C(=O)C(CC#N)N(C)CC1(C)C. The van der Waals surface area contributed by atoms with Gasteiger partial charge < -0.3 is 4.90 Å². The van der Waals surface area contributed by atoms with Crippen molar-refractivity contribution in [3.05, 3.63) is 0 Å². The summed E-state index contributed by atoms with van der Waals surface area (Å²) >= 11 is 0. The molecule has 0 spiro atoms. The fourth-order valence-corrected chi connectivity index (χ4v) is 2.44. The molecule has 0 aromatic carbocycles. The van der Waals surface area contributed by atoms with Gasteiger partial charge in [0.25, 0.3) is 0 Å². The van der Waals surface area contributed by atoms with Gasteiger partial charge in [0.1, 0.15) is 6.04 Å². The molecule has 1 saturated heterocycles. The van der Waals surface area contributed by atoms with Gasteiger partial charge in [-0.3, -0.25) is 9.69 Å². The maximum absolute atomic E-state index is 12.3. The summed E-state index contributed by atoms with van der Waals surface area (Å²) in [6.07, 6.45) is 1.24. The summed E-state index contributed by atoms with van der Waals surface area (Å²) in [4.78, 5) is 16.2. The van der Waals surface area contributed by atoms with Gasteiger partial charge in [0.05, 0.1) is 12.5 Å². The normalized spacial score (nSPS) is 25.6. The largest absolute Gasteiger partial charge is 0.335 e. The fourth-order valence-electron chi connectivity index (χ4n) is 2.44. The van der Waals surface area contributed by atoms with Gasteiger partial charge in [-0.15, -0.1) is 0 Å². The van der Waals surface area contributed by atoms with Crippen LogP contribution in [0.15, 0.2) is 0 Å². The quantitative estimate of drug-likeness (QED) is 0.723. The summed E-state index contributed by atoms with van der Waals surface area (Å²) in [6.45, 7) is 7.84. The molecule has 1 heterocycles. The second-order valence-electron chi connectivity index (χ2n) is 5.10. The molecule has 0 radical (unpaired) electrons. The number of hydrogen-bond acceptors (Lipinski definition) is 3. The van der Waals surface area contributed by atoms with Gasteiger partial charge >= 0.3 is 0 Å². The van der Waals surface area contributed by atoms with Crippen molar-refractivity contribution in [2.45, 2.75) is 45.2 Å². The van der Waals surface area contributed by atoms with Gasteiger partial charge in [-0.05, 0) is 27.3 Å². The van der Waals surface area contributed by atoms with Crippen molar-refractivity contribution in [1.29, 1.82) is 5.26 Å². The van der Waals surface area contributed by atoms with Crippen molar-refractivity contribution in [2.24, 2.45) is 0 Å². The van der Waals surface area contributed by atoms with Crippen LogP contribution in [0.2, 0.25) is 0 Å². The molecule has 4 nitrogen and oxygen atoms in total. The average molecular weight is 223 g/mol. The van der Waals surface area contributed by atoms with Crippen LogP contribution in [0, 0.1) is 11.3 Å². The molecule has 1 aliphatic rings. The number of hydrogen-bond donors (Lipinski definition) is 0. The minimum atomic E-state index is -0.260. The molecule has 0 aromatic rings. The Morgan fingerprint density at radius 3 is 2.69 bits per heavy atom. The lowest BCUT2D eigenvalue weighted by Gasteiger charge is -2.49. The number of nitrogens with zero attached hydrogens (tertiary/aromatic N) is 3. The van der Waals surface area contributed by atoms with Crippen LogP contribution < -0.4 is 0 Å². The summed E-state index contributed by atoms with van der Waals surface area (Å²) in [6, 6.07) is 1.84. The number of amides is 1. The highest BCUT2D eigenvalue weighted by molar-refractivity contribution is 5.83. The monoisotopic (exact) mass is 223 g/mol. The first-order valence-electron chi connectivity index (χ1n) is 5.82. The van der Waals surface area contributed by atoms with Gasteiger partial charge in [0.2, 0.25) is 5.91 Å². The first kappa shape index (κ1) is 13.0. The van der Waals surface area contributed by atoms with Crippen LogP contribution in [-0.4, -0.2) is 47.4 Å². The van der Waals surface area contributed by atoms with Crippen molar-refractivity contribution >= 4 is 5.91 Å². The van der Waals surface area contributed by atoms with E-state index in [1.165, 1.54) is 0 Å². The molecule has 16 heavy (non-hydrogen) atoms. The van der Waals surface area contributed by atoms with E-state index in [2.05, 4.69) is 26.8 Å². The molecule has 1 fully saturated rings. The fraction of sp³-hybridized carbons (Fsp3) is 0.833. The smallest absolute Gasteiger partial charge is 0.241 e. The molecule has 0 N–H and O–H groups in total. The number of piperazine rings is 1. The third-order valence-corrected chi connectivity index (χ3v) is 3.18. The Bertz CT molecular complexity index is 306. The van der Waals surface area contributed by atoms with E-state index in [0.717, 1.165) is 19.5 Å². The van der Waals surface area contributed by atoms with Crippen LogP contribution in [0.1, 0.15) is 33.6 Å². The number of nitriles is 1. The first-order valence-corrected chi connectivity index (χ1v) is 5.82. The number of likely N-dealkylation sites (N-methyl/N-ethyl adjacent to an activating group) is 1. The summed E-state index contributed by atoms with van der Waals surface area (Å²) in [7, 11) is 1.92. The van der Waals surface area contributed by atoms with Gasteiger partial charge in [-0.25, -0.2) is 0 Å². The molecule has 0 aromatic heterocycles. The Kier molecular flexibility index (Phi) is 3.93. The van der Waals surface area contributed by atoms with E-state index >= 15 is 0 Å². The summed E-state index contributed by atoms with van der Waals surface area (Å²) in [5.41, 5.74) is -0.131. The zero-order valence-corrected chi connectivity index (χ0v) is 10.7. The molecule has 1 aliphatic heterocycles. The van der Waals surface area contributed by atoms with Gasteiger partial charge in [-0.1, -0.05) is 6.92 Å². The Labute approximate surface area is 97.8 Å². The van der Waals surface area contributed by atoms with Crippen LogP contribution in [-0.2, 0) is 4.79 Å². The van der Waals surface area contributed by atoms with Crippen LogP contribution in [0.25, 0.3) is 0 Å². The molecule has 0 bridgehead atoms. The Morgan fingerprint density at radius 1 is 1.56 bits per heavy atom. The molecule has 1 unspecified atom stereocenters. The average Bonchev–Trinajstić information content (AvgIpc) is 2.18. The minimum absolute atomic E-state index is 0.0992. The highest BCUT2D eigenvalue weighted by Gasteiger charge is 2.42. The van der Waals surface area contributed by atoms with Crippen LogP contribution in [0.4, 0.5) is 0 Å². The van der Waals surface area contributed by atoms with Crippen LogP contribution in [0.5, 0.6) is 0 Å². The van der Waals surface area contributed by atoms with Crippen molar-refractivity contribution < 1.29 is 4.79 Å². The van der Waals surface area contributed by atoms with E-state index in [9.17, 15) is 4.79 Å². The van der Waals surface area contributed by atoms with Gasteiger partial charge in [-0.2, -0.15) is 5.26 Å². The number of carbonyl (C=O) groups is 1. The van der Waals surface area contributed by atoms with Crippen molar-refractivity contribution in [2.75, 3.05) is 20.1 Å². The molecule has 1 rings (SSSR count). The zero-order chi connectivity index (χ0) is 12.3. The van der Waals surface area contributed by atoms with E-state index in [4.69, 9.17) is 5.26 Å². The highest BCUT2D eigenvalue weighted by Crippen LogP contribution is 2.25. The molecule has 0 aliphatic carbocycles. The minimum Gasteiger partial charge on any atom is -0.335 e. The Hall–Kier alpha value is -1.08. The van der Waals surface area contributed by atoms with E-state index in [1.807, 2.05) is 16.8 Å². The van der Waals surface area contributed by atoms with Gasteiger partial charge in [0, 0.05) is 18.6 Å². The summed E-state index contributed by atoms with van der Waals surface area (Å²) in [5.74, 6) is 0.0992. The standard InChI is InChI=1S/C12H21N3O/c1-5-8-15-11(16)10(6-7-13)14(4)9-12(15,2)3/h10H,5-6,8-9H2,1-4H3. The molecule has 1 atom stereocenters. The summed E-state index contributed by atoms with van der Waals surface area (Å²) in [5, 5.41) is 8.75. The van der Waals surface area contributed by atoms with Crippen LogP contribution in [0.3, 0.4) is 0 Å². The second-order valence-corrected chi connectivity index (χ2v) is 5.10. The molecule has 1 amide bonds. The summed E-state index contributed by atoms with van der Waals surface area (Å²) < 4.78 is 0. The third kappa shape index (κ3) is 2.35. The lowest BCUT2D eigenvalue weighted by molar-refractivity contribution is -0.150. The Morgan fingerprint density at radius 2 is 2.19 bits per heavy atom. The maximum Gasteiger partial charge on any atom is 0.241 e. The third-order valence-electron chi connectivity index (χ3n) is 3.18. The van der Waals surface area contributed by atoms with Crippen molar-refractivity contribution in [1.82, 2.24) is 9.80 Å². The van der Waals surface area contributed by atoms with E-state index < -0.39 is 0 Å². The number of rotatable bonds is 3. The predicted octanol–water partition coefficient (Wildman–Crippen LogP) is 1.23. The van der Waals surface area contributed by atoms with Crippen LogP contribution >= 0.6 is 0 Å².